The zero-order valence-corrected chi connectivity index (χ0v) is 18.8. The van der Waals surface area contributed by atoms with Gasteiger partial charge in [0, 0.05) is 36.8 Å². The Morgan fingerprint density at radius 2 is 1.84 bits per heavy atom. The molecule has 1 aliphatic rings. The lowest BCUT2D eigenvalue weighted by atomic mass is 9.86. The number of hydrogen-bond donors (Lipinski definition) is 2. The number of carboxylic acid groups (broad SMARTS) is 1. The predicted molar refractivity (Wildman–Crippen MR) is 123 cm³/mol. The molecule has 0 bridgehead atoms. The number of nitrogens with zero attached hydrogens (tertiary/aromatic N) is 3. The third-order valence-corrected chi connectivity index (χ3v) is 6.43. The first-order chi connectivity index (χ1) is 15.3. The molecule has 2 N–H and O–H groups in total. The van der Waals surface area contributed by atoms with Gasteiger partial charge in [0.05, 0.1) is 21.4 Å². The molecule has 1 fully saturated rings. The summed E-state index contributed by atoms with van der Waals surface area (Å²) >= 11 is 12.2. The van der Waals surface area contributed by atoms with E-state index in [1.807, 2.05) is 37.4 Å². The molecule has 0 radical (unpaired) electrons. The van der Waals surface area contributed by atoms with E-state index in [4.69, 9.17) is 23.2 Å². The minimum Gasteiger partial charge on any atom is -0.465 e. The van der Waals surface area contributed by atoms with Crippen LogP contribution in [-0.2, 0) is 0 Å². The second kappa shape index (κ2) is 9.22. The summed E-state index contributed by atoms with van der Waals surface area (Å²) in [5.41, 5.74) is 3.12. The van der Waals surface area contributed by atoms with Crippen LogP contribution in [0.4, 0.5) is 4.79 Å². The third-order valence-electron chi connectivity index (χ3n) is 5.69. The number of carbonyl (C=O) groups excluding carboxylic acids is 1. The highest BCUT2D eigenvalue weighted by atomic mass is 35.5. The monoisotopic (exact) mass is 472 g/mol. The van der Waals surface area contributed by atoms with Gasteiger partial charge in [-0.25, -0.2) is 9.48 Å². The van der Waals surface area contributed by atoms with E-state index in [1.54, 1.807) is 28.9 Å². The Balaban J connectivity index is 1.53. The second-order valence-corrected chi connectivity index (χ2v) is 8.64. The Morgan fingerprint density at radius 3 is 2.47 bits per heavy atom. The lowest BCUT2D eigenvalue weighted by Gasteiger charge is -2.38. The van der Waals surface area contributed by atoms with Gasteiger partial charge in [-0.1, -0.05) is 29.3 Å². The van der Waals surface area contributed by atoms with Crippen LogP contribution in [0.1, 0.15) is 34.0 Å². The normalized spacial score (nSPS) is 18.4. The zero-order valence-electron chi connectivity index (χ0n) is 17.3. The van der Waals surface area contributed by atoms with Crippen LogP contribution in [0.2, 0.25) is 10.0 Å². The summed E-state index contributed by atoms with van der Waals surface area (Å²) in [5.74, 6) is -0.461. The molecule has 166 valence electrons. The van der Waals surface area contributed by atoms with Gasteiger partial charge in [-0.15, -0.1) is 0 Å². The summed E-state index contributed by atoms with van der Waals surface area (Å²) in [5, 5.41) is 17.7. The van der Waals surface area contributed by atoms with Gasteiger partial charge < -0.3 is 15.3 Å². The molecule has 2 heterocycles. The van der Waals surface area contributed by atoms with E-state index in [9.17, 15) is 14.7 Å². The topological polar surface area (TPSA) is 87.5 Å². The molecular weight excluding hydrogens is 451 g/mol. The predicted octanol–water partition coefficient (Wildman–Crippen LogP) is 4.75. The van der Waals surface area contributed by atoms with Gasteiger partial charge >= 0.3 is 6.09 Å². The van der Waals surface area contributed by atoms with E-state index in [2.05, 4.69) is 10.4 Å². The molecule has 0 aliphatic carbocycles. The first-order valence-electron chi connectivity index (χ1n) is 10.2. The smallest absolute Gasteiger partial charge is 0.407 e. The number of hydrogen-bond acceptors (Lipinski definition) is 3. The molecule has 7 nitrogen and oxygen atoms in total. The first-order valence-corrected chi connectivity index (χ1v) is 10.9. The minimum absolute atomic E-state index is 0.216. The fraction of sp³-hybridized carbons (Fsp3) is 0.261. The Labute approximate surface area is 195 Å². The van der Waals surface area contributed by atoms with E-state index >= 15 is 0 Å². The van der Waals surface area contributed by atoms with Crippen LogP contribution < -0.4 is 5.32 Å². The lowest BCUT2D eigenvalue weighted by molar-refractivity contribution is 0.0888. The largest absolute Gasteiger partial charge is 0.465 e. The molecule has 9 heteroatoms. The summed E-state index contributed by atoms with van der Waals surface area (Å²) in [6.07, 6.45) is 1.38. The van der Waals surface area contributed by atoms with Gasteiger partial charge in [0.15, 0.2) is 0 Å². The Kier molecular flexibility index (Phi) is 6.39. The molecule has 2 amide bonds. The number of aryl methyl sites for hydroxylation is 1. The van der Waals surface area contributed by atoms with Crippen molar-refractivity contribution >= 4 is 35.2 Å². The second-order valence-electron chi connectivity index (χ2n) is 7.83. The molecule has 1 aromatic heterocycles. The highest BCUT2D eigenvalue weighted by Gasteiger charge is 2.34. The van der Waals surface area contributed by atoms with Crippen LogP contribution in [0.15, 0.2) is 54.7 Å². The van der Waals surface area contributed by atoms with Crippen molar-refractivity contribution in [1.29, 1.82) is 0 Å². The summed E-state index contributed by atoms with van der Waals surface area (Å²) in [6, 6.07) is 14.1. The summed E-state index contributed by atoms with van der Waals surface area (Å²) in [6.45, 7) is 2.52. The first kappa shape index (κ1) is 22.2. The van der Waals surface area contributed by atoms with E-state index in [-0.39, 0.29) is 24.4 Å². The fourth-order valence-corrected chi connectivity index (χ4v) is 4.26. The highest BCUT2D eigenvalue weighted by Crippen LogP contribution is 2.32. The molecule has 4 rings (SSSR count). The number of halogens is 2. The Morgan fingerprint density at radius 1 is 1.09 bits per heavy atom. The molecule has 2 aromatic carbocycles. The van der Waals surface area contributed by atoms with Crippen molar-refractivity contribution in [2.45, 2.75) is 25.3 Å². The number of likely N-dealkylation sites (tertiary alicyclic amines) is 1. The SMILES string of the molecule is Cc1ccn(-c2ccc(C(=O)N[C@@H]3CCN(C(=O)O)C[C@H]3c3ccc(Cl)c(Cl)c3)cc2)n1. The highest BCUT2D eigenvalue weighted by molar-refractivity contribution is 6.42. The van der Waals surface area contributed by atoms with Crippen LogP contribution >= 0.6 is 23.2 Å². The van der Waals surface area contributed by atoms with Gasteiger partial charge in [-0.05, 0) is 61.4 Å². The molecule has 1 aliphatic heterocycles. The number of piperidine rings is 1. The van der Waals surface area contributed by atoms with Crippen molar-refractivity contribution < 1.29 is 14.7 Å². The Bertz CT molecular complexity index is 1150. The van der Waals surface area contributed by atoms with Crippen LogP contribution in [0, 0.1) is 6.92 Å². The van der Waals surface area contributed by atoms with Crippen LogP contribution in [0.3, 0.4) is 0 Å². The number of carbonyl (C=O) groups is 2. The number of rotatable bonds is 4. The molecule has 3 aromatic rings. The molecule has 0 saturated carbocycles. The van der Waals surface area contributed by atoms with Crippen molar-refractivity contribution in [2.24, 2.45) is 0 Å². The van der Waals surface area contributed by atoms with Gasteiger partial charge in [-0.2, -0.15) is 5.10 Å². The third kappa shape index (κ3) is 4.74. The van der Waals surface area contributed by atoms with Crippen molar-refractivity contribution in [3.05, 3.63) is 81.6 Å². The molecule has 0 unspecified atom stereocenters. The average Bonchev–Trinajstić information content (AvgIpc) is 3.22. The average molecular weight is 473 g/mol. The van der Waals surface area contributed by atoms with Crippen LogP contribution in [-0.4, -0.2) is 50.9 Å². The van der Waals surface area contributed by atoms with Crippen molar-refractivity contribution in [1.82, 2.24) is 20.0 Å². The van der Waals surface area contributed by atoms with Crippen molar-refractivity contribution in [3.8, 4) is 5.69 Å². The summed E-state index contributed by atoms with van der Waals surface area (Å²) < 4.78 is 1.75. The van der Waals surface area contributed by atoms with E-state index in [1.165, 1.54) is 4.90 Å². The quantitative estimate of drug-likeness (QED) is 0.573. The van der Waals surface area contributed by atoms with E-state index in [0.29, 0.717) is 28.6 Å². The summed E-state index contributed by atoms with van der Waals surface area (Å²) in [7, 11) is 0. The van der Waals surface area contributed by atoms with Crippen molar-refractivity contribution in [3.63, 3.8) is 0 Å². The zero-order chi connectivity index (χ0) is 22.8. The number of benzene rings is 2. The lowest BCUT2D eigenvalue weighted by Crippen LogP contribution is -2.51. The summed E-state index contributed by atoms with van der Waals surface area (Å²) in [4.78, 5) is 25.9. The molecule has 1 saturated heterocycles. The molecular formula is C23H22Cl2N4O3. The Hall–Kier alpha value is -3.03. The molecule has 2 atom stereocenters. The maximum atomic E-state index is 13.0. The van der Waals surface area contributed by atoms with E-state index in [0.717, 1.165) is 16.9 Å². The van der Waals surface area contributed by atoms with Gasteiger partial charge in [0.2, 0.25) is 0 Å². The van der Waals surface area contributed by atoms with E-state index < -0.39 is 6.09 Å². The van der Waals surface area contributed by atoms with Gasteiger partial charge in [-0.3, -0.25) is 4.79 Å². The maximum Gasteiger partial charge on any atom is 0.407 e. The number of aromatic nitrogens is 2. The number of amides is 2. The minimum atomic E-state index is -0.982. The van der Waals surface area contributed by atoms with Crippen LogP contribution in [0.5, 0.6) is 0 Å². The standard InChI is InChI=1S/C23H22Cl2N4O3/c1-14-8-11-29(27-14)17-5-2-15(3-6-17)22(30)26-21-9-10-28(23(31)32)13-18(21)16-4-7-19(24)20(25)12-16/h2-8,11-12,18,21H,9-10,13H2,1H3,(H,26,30)(H,31,32)/t18-,21+/m0/s1. The van der Waals surface area contributed by atoms with Gasteiger partial charge in [0.25, 0.3) is 5.91 Å². The number of nitrogens with one attached hydrogen (secondary N) is 1. The van der Waals surface area contributed by atoms with Crippen LogP contribution in [0.25, 0.3) is 5.69 Å². The molecule has 0 spiro atoms. The fourth-order valence-electron chi connectivity index (χ4n) is 3.96. The van der Waals surface area contributed by atoms with Gasteiger partial charge in [0.1, 0.15) is 0 Å². The van der Waals surface area contributed by atoms with Crippen molar-refractivity contribution in [2.75, 3.05) is 13.1 Å². The maximum absolute atomic E-state index is 13.0. The molecule has 32 heavy (non-hydrogen) atoms.